The zero-order chi connectivity index (χ0) is 10.1. The standard InChI is InChI=1S/C12H16N2/c1-14(2)12(13)11-8-7-9-5-3-4-6-10(9)11/h3-6,11,13H,7-8H2,1-2H3. The van der Waals surface area contributed by atoms with Crippen molar-refractivity contribution in [2.24, 2.45) is 0 Å². The SMILES string of the molecule is CN(C)C(=N)C1CCc2ccccc21. The molecule has 0 spiro atoms. The fourth-order valence-electron chi connectivity index (χ4n) is 2.15. The number of aryl methyl sites for hydroxylation is 1. The highest BCUT2D eigenvalue weighted by Crippen LogP contribution is 2.33. The number of rotatable bonds is 1. The lowest BCUT2D eigenvalue weighted by atomic mass is 10.00. The van der Waals surface area contributed by atoms with E-state index >= 15 is 0 Å². The summed E-state index contributed by atoms with van der Waals surface area (Å²) in [6.07, 6.45) is 2.22. The third-order valence-corrected chi connectivity index (χ3v) is 2.94. The van der Waals surface area contributed by atoms with Crippen LogP contribution in [0, 0.1) is 5.41 Å². The van der Waals surface area contributed by atoms with E-state index in [4.69, 9.17) is 5.41 Å². The summed E-state index contributed by atoms with van der Waals surface area (Å²) in [5.41, 5.74) is 2.77. The predicted octanol–water partition coefficient (Wildman–Crippen LogP) is 2.26. The second-order valence-corrected chi connectivity index (χ2v) is 4.07. The van der Waals surface area contributed by atoms with Gasteiger partial charge in [-0.15, -0.1) is 0 Å². The summed E-state index contributed by atoms with van der Waals surface area (Å²) in [6.45, 7) is 0. The molecule has 0 radical (unpaired) electrons. The molecule has 1 aliphatic rings. The van der Waals surface area contributed by atoms with Crippen LogP contribution >= 0.6 is 0 Å². The van der Waals surface area contributed by atoms with E-state index in [2.05, 4.69) is 24.3 Å². The molecule has 0 fully saturated rings. The van der Waals surface area contributed by atoms with Gasteiger partial charge in [-0.05, 0) is 24.0 Å². The van der Waals surface area contributed by atoms with E-state index in [0.717, 1.165) is 18.7 Å². The van der Waals surface area contributed by atoms with Crippen LogP contribution in [-0.4, -0.2) is 24.8 Å². The van der Waals surface area contributed by atoms with E-state index in [1.165, 1.54) is 11.1 Å². The van der Waals surface area contributed by atoms with Crippen LogP contribution in [0.2, 0.25) is 0 Å². The first-order chi connectivity index (χ1) is 6.70. The summed E-state index contributed by atoms with van der Waals surface area (Å²) in [4.78, 5) is 1.91. The Kier molecular flexibility index (Phi) is 2.28. The van der Waals surface area contributed by atoms with E-state index < -0.39 is 0 Å². The van der Waals surface area contributed by atoms with Gasteiger partial charge in [0.25, 0.3) is 0 Å². The molecule has 0 aliphatic heterocycles. The maximum Gasteiger partial charge on any atom is 0.103 e. The van der Waals surface area contributed by atoms with Crippen LogP contribution < -0.4 is 0 Å². The number of amidine groups is 1. The van der Waals surface area contributed by atoms with E-state index in [0.29, 0.717) is 5.92 Å². The minimum absolute atomic E-state index is 0.321. The van der Waals surface area contributed by atoms with E-state index in [9.17, 15) is 0 Å². The molecule has 1 N–H and O–H groups in total. The Morgan fingerprint density at radius 3 is 2.79 bits per heavy atom. The van der Waals surface area contributed by atoms with E-state index in [1.54, 1.807) is 0 Å². The topological polar surface area (TPSA) is 27.1 Å². The van der Waals surface area contributed by atoms with Gasteiger partial charge in [-0.2, -0.15) is 0 Å². The first-order valence-corrected chi connectivity index (χ1v) is 5.03. The van der Waals surface area contributed by atoms with Crippen LogP contribution in [0.3, 0.4) is 0 Å². The van der Waals surface area contributed by atoms with Gasteiger partial charge in [0.15, 0.2) is 0 Å². The van der Waals surface area contributed by atoms with Crippen LogP contribution in [-0.2, 0) is 6.42 Å². The Balaban J connectivity index is 2.30. The number of nitrogens with one attached hydrogen (secondary N) is 1. The Hall–Kier alpha value is -1.31. The van der Waals surface area contributed by atoms with Gasteiger partial charge in [0.1, 0.15) is 5.84 Å². The number of likely N-dealkylation sites (N-methyl/N-ethyl adjacent to an activating group) is 1. The molecule has 0 bridgehead atoms. The Morgan fingerprint density at radius 2 is 2.07 bits per heavy atom. The molecule has 0 aromatic heterocycles. The summed E-state index contributed by atoms with van der Waals surface area (Å²) in [7, 11) is 3.90. The summed E-state index contributed by atoms with van der Waals surface area (Å²) >= 11 is 0. The lowest BCUT2D eigenvalue weighted by Crippen LogP contribution is -2.26. The van der Waals surface area contributed by atoms with Crippen LogP contribution in [0.25, 0.3) is 0 Å². The molecule has 74 valence electrons. The van der Waals surface area contributed by atoms with E-state index in [1.807, 2.05) is 19.0 Å². The average Bonchev–Trinajstić information content (AvgIpc) is 2.60. The Morgan fingerprint density at radius 1 is 1.36 bits per heavy atom. The molecule has 1 atom stereocenters. The summed E-state index contributed by atoms with van der Waals surface area (Å²) < 4.78 is 0. The number of fused-ring (bicyclic) bond motifs is 1. The first kappa shape index (κ1) is 9.25. The van der Waals surface area contributed by atoms with Crippen molar-refractivity contribution in [2.75, 3.05) is 14.1 Å². The smallest absolute Gasteiger partial charge is 0.103 e. The van der Waals surface area contributed by atoms with Crippen molar-refractivity contribution in [2.45, 2.75) is 18.8 Å². The molecule has 1 aromatic carbocycles. The lowest BCUT2D eigenvalue weighted by molar-refractivity contribution is 0.578. The third kappa shape index (κ3) is 1.41. The van der Waals surface area contributed by atoms with Gasteiger partial charge >= 0.3 is 0 Å². The molecular formula is C12H16N2. The van der Waals surface area contributed by atoms with Gasteiger partial charge < -0.3 is 4.90 Å². The minimum Gasteiger partial charge on any atom is -0.366 e. The molecule has 2 rings (SSSR count). The largest absolute Gasteiger partial charge is 0.366 e. The highest BCUT2D eigenvalue weighted by Gasteiger charge is 2.26. The Bertz CT molecular complexity index is 355. The predicted molar refractivity (Wildman–Crippen MR) is 58.9 cm³/mol. The fourth-order valence-corrected chi connectivity index (χ4v) is 2.15. The maximum absolute atomic E-state index is 8.00. The number of benzene rings is 1. The molecular weight excluding hydrogens is 172 g/mol. The highest BCUT2D eigenvalue weighted by molar-refractivity contribution is 5.87. The molecule has 0 saturated carbocycles. The molecule has 0 amide bonds. The zero-order valence-electron chi connectivity index (χ0n) is 8.75. The molecule has 2 nitrogen and oxygen atoms in total. The molecule has 2 heteroatoms. The van der Waals surface area contributed by atoms with Gasteiger partial charge in [-0.1, -0.05) is 24.3 Å². The third-order valence-electron chi connectivity index (χ3n) is 2.94. The molecule has 1 unspecified atom stereocenters. The van der Waals surface area contributed by atoms with Crippen LogP contribution in [0.15, 0.2) is 24.3 Å². The average molecular weight is 188 g/mol. The van der Waals surface area contributed by atoms with Gasteiger partial charge in [-0.25, -0.2) is 0 Å². The summed E-state index contributed by atoms with van der Waals surface area (Å²) in [5, 5.41) is 8.00. The van der Waals surface area contributed by atoms with Gasteiger partial charge in [0, 0.05) is 20.0 Å². The number of nitrogens with zero attached hydrogens (tertiary/aromatic N) is 1. The van der Waals surface area contributed by atoms with Crippen LogP contribution in [0.4, 0.5) is 0 Å². The summed E-state index contributed by atoms with van der Waals surface area (Å²) in [6, 6.07) is 8.49. The van der Waals surface area contributed by atoms with Crippen LogP contribution in [0.1, 0.15) is 23.5 Å². The molecule has 1 aromatic rings. The molecule has 0 saturated heterocycles. The minimum atomic E-state index is 0.321. The maximum atomic E-state index is 8.00. The van der Waals surface area contributed by atoms with Crippen molar-refractivity contribution in [1.82, 2.24) is 4.90 Å². The fraction of sp³-hybridized carbons (Fsp3) is 0.417. The monoisotopic (exact) mass is 188 g/mol. The van der Waals surface area contributed by atoms with Gasteiger partial charge in [-0.3, -0.25) is 5.41 Å². The van der Waals surface area contributed by atoms with Crippen molar-refractivity contribution in [3.05, 3.63) is 35.4 Å². The normalized spacial score (nSPS) is 19.1. The van der Waals surface area contributed by atoms with Crippen molar-refractivity contribution >= 4 is 5.84 Å². The second-order valence-electron chi connectivity index (χ2n) is 4.07. The number of hydrogen-bond donors (Lipinski definition) is 1. The van der Waals surface area contributed by atoms with Crippen LogP contribution in [0.5, 0.6) is 0 Å². The molecule has 0 heterocycles. The number of hydrogen-bond acceptors (Lipinski definition) is 1. The van der Waals surface area contributed by atoms with E-state index in [-0.39, 0.29) is 0 Å². The first-order valence-electron chi connectivity index (χ1n) is 5.03. The Labute approximate surface area is 85.1 Å². The highest BCUT2D eigenvalue weighted by atomic mass is 15.1. The van der Waals surface area contributed by atoms with Gasteiger partial charge in [0.2, 0.25) is 0 Å². The van der Waals surface area contributed by atoms with Gasteiger partial charge in [0.05, 0.1) is 0 Å². The van der Waals surface area contributed by atoms with Crippen molar-refractivity contribution in [3.63, 3.8) is 0 Å². The molecule has 14 heavy (non-hydrogen) atoms. The van der Waals surface area contributed by atoms with Crippen molar-refractivity contribution in [1.29, 1.82) is 5.41 Å². The quantitative estimate of drug-likeness (QED) is 0.531. The lowest BCUT2D eigenvalue weighted by Gasteiger charge is -2.20. The second kappa shape index (κ2) is 3.45. The van der Waals surface area contributed by atoms with Crippen molar-refractivity contribution < 1.29 is 0 Å². The summed E-state index contributed by atoms with van der Waals surface area (Å²) in [5.74, 6) is 1.05. The van der Waals surface area contributed by atoms with Crippen molar-refractivity contribution in [3.8, 4) is 0 Å². The molecule has 1 aliphatic carbocycles. The zero-order valence-corrected chi connectivity index (χ0v) is 8.75.